The monoisotopic (exact) mass is 385 g/mol. The average Bonchev–Trinajstić information content (AvgIpc) is 3.20. The molecule has 0 saturated carbocycles. The van der Waals surface area contributed by atoms with Gasteiger partial charge in [-0.3, -0.25) is 9.59 Å². The van der Waals surface area contributed by atoms with Crippen molar-refractivity contribution in [3.8, 4) is 0 Å². The van der Waals surface area contributed by atoms with Crippen LogP contribution in [0, 0.1) is 11.6 Å². The van der Waals surface area contributed by atoms with Crippen molar-refractivity contribution in [2.24, 2.45) is 0 Å². The van der Waals surface area contributed by atoms with Gasteiger partial charge in [0.1, 0.15) is 17.7 Å². The summed E-state index contributed by atoms with van der Waals surface area (Å²) >= 11 is 0. The second kappa shape index (κ2) is 7.03. The molecule has 0 radical (unpaired) electrons. The number of benzene rings is 2. The van der Waals surface area contributed by atoms with Crippen LogP contribution < -0.4 is 16.0 Å². The van der Waals surface area contributed by atoms with Gasteiger partial charge in [0.15, 0.2) is 5.78 Å². The van der Waals surface area contributed by atoms with Crippen LogP contribution in [0.25, 0.3) is 0 Å². The zero-order valence-electron chi connectivity index (χ0n) is 14.7. The number of Topliss-reactive ketones (excluding diaryl/α,β-unsaturated/α-hetero) is 1. The molecule has 0 aromatic heterocycles. The van der Waals surface area contributed by atoms with E-state index in [9.17, 15) is 23.2 Å². The number of rotatable bonds is 3. The minimum atomic E-state index is -0.967. The fraction of sp³-hybridized carbons (Fsp3) is 0.250. The summed E-state index contributed by atoms with van der Waals surface area (Å²) in [6.07, 6.45) is 0.889. The topological polar surface area (TPSA) is 87.3 Å². The van der Waals surface area contributed by atoms with Gasteiger partial charge in [-0.1, -0.05) is 6.07 Å². The van der Waals surface area contributed by atoms with Crippen LogP contribution in [0.4, 0.5) is 19.3 Å². The summed E-state index contributed by atoms with van der Waals surface area (Å²) in [7, 11) is 0. The summed E-state index contributed by atoms with van der Waals surface area (Å²) in [6.45, 7) is 0.171. The molecule has 1 aliphatic carbocycles. The zero-order chi connectivity index (χ0) is 19.8. The van der Waals surface area contributed by atoms with Crippen molar-refractivity contribution in [2.45, 2.75) is 24.8 Å². The van der Waals surface area contributed by atoms with Crippen molar-refractivity contribution in [1.82, 2.24) is 10.6 Å². The molecule has 1 aliphatic heterocycles. The average molecular weight is 385 g/mol. The highest BCUT2D eigenvalue weighted by atomic mass is 19.1. The Hall–Kier alpha value is -3.29. The summed E-state index contributed by atoms with van der Waals surface area (Å²) < 4.78 is 27.6. The molecule has 1 saturated heterocycles. The number of anilines is 1. The number of amides is 3. The number of carbonyl (C=O) groups is 3. The molecule has 2 aliphatic rings. The van der Waals surface area contributed by atoms with Gasteiger partial charge in [-0.25, -0.2) is 13.6 Å². The van der Waals surface area contributed by atoms with Gasteiger partial charge in [-0.05, 0) is 47.9 Å². The van der Waals surface area contributed by atoms with E-state index in [4.69, 9.17) is 0 Å². The van der Waals surface area contributed by atoms with Gasteiger partial charge < -0.3 is 16.0 Å². The first-order chi connectivity index (χ1) is 13.4. The van der Waals surface area contributed by atoms with Crippen molar-refractivity contribution in [1.29, 1.82) is 0 Å². The van der Waals surface area contributed by atoms with Crippen LogP contribution in [0.2, 0.25) is 0 Å². The summed E-state index contributed by atoms with van der Waals surface area (Å²) in [5, 5.41) is 7.70. The molecule has 3 amide bonds. The minimum Gasteiger partial charge on any atom is -0.354 e. The number of hydrogen-bond donors (Lipinski definition) is 3. The fourth-order valence-electron chi connectivity index (χ4n) is 3.69. The third-order valence-corrected chi connectivity index (χ3v) is 5.11. The number of urea groups is 1. The van der Waals surface area contributed by atoms with E-state index in [1.807, 2.05) is 0 Å². The number of hydrogen-bond acceptors (Lipinski definition) is 3. The van der Waals surface area contributed by atoms with E-state index >= 15 is 0 Å². The lowest BCUT2D eigenvalue weighted by Crippen LogP contribution is -2.44. The number of aryl methyl sites for hydroxylation is 1. The SMILES string of the molecule is O=C(Nc1ccc(F)cc1)N[C@@H]1C(=O)NC[C@H]1c1cc2c(cc1F)C(=O)CC2. The maximum atomic E-state index is 14.6. The number of ketones is 1. The van der Waals surface area contributed by atoms with Gasteiger partial charge in [0.2, 0.25) is 5.91 Å². The molecular weight excluding hydrogens is 368 g/mol. The van der Waals surface area contributed by atoms with Crippen LogP contribution in [-0.2, 0) is 11.2 Å². The van der Waals surface area contributed by atoms with E-state index in [-0.39, 0.29) is 12.3 Å². The van der Waals surface area contributed by atoms with Gasteiger partial charge in [-0.15, -0.1) is 0 Å². The van der Waals surface area contributed by atoms with Gasteiger partial charge in [0.25, 0.3) is 0 Å². The van der Waals surface area contributed by atoms with Crippen molar-refractivity contribution in [3.05, 3.63) is 64.7 Å². The summed E-state index contributed by atoms with van der Waals surface area (Å²) in [6, 6.07) is 6.38. The van der Waals surface area contributed by atoms with Gasteiger partial charge in [0, 0.05) is 30.1 Å². The smallest absolute Gasteiger partial charge is 0.319 e. The maximum absolute atomic E-state index is 14.6. The third-order valence-electron chi connectivity index (χ3n) is 5.11. The van der Waals surface area contributed by atoms with Crippen LogP contribution in [0.1, 0.15) is 33.8 Å². The van der Waals surface area contributed by atoms with E-state index < -0.39 is 35.5 Å². The first kappa shape index (κ1) is 18.1. The first-order valence-corrected chi connectivity index (χ1v) is 8.88. The predicted molar refractivity (Wildman–Crippen MR) is 97.1 cm³/mol. The van der Waals surface area contributed by atoms with Crippen LogP contribution >= 0.6 is 0 Å². The molecule has 28 heavy (non-hydrogen) atoms. The Morgan fingerprint density at radius 2 is 1.82 bits per heavy atom. The first-order valence-electron chi connectivity index (χ1n) is 8.88. The Bertz CT molecular complexity index is 975. The molecule has 4 rings (SSSR count). The van der Waals surface area contributed by atoms with E-state index in [1.54, 1.807) is 6.07 Å². The highest BCUT2D eigenvalue weighted by Crippen LogP contribution is 2.32. The molecule has 2 aromatic rings. The highest BCUT2D eigenvalue weighted by molar-refractivity contribution is 6.00. The van der Waals surface area contributed by atoms with E-state index in [0.717, 1.165) is 5.56 Å². The molecule has 1 heterocycles. The Kier molecular flexibility index (Phi) is 4.54. The maximum Gasteiger partial charge on any atom is 0.319 e. The number of halogens is 2. The summed E-state index contributed by atoms with van der Waals surface area (Å²) in [4.78, 5) is 36.2. The lowest BCUT2D eigenvalue weighted by atomic mass is 9.91. The Morgan fingerprint density at radius 1 is 1.07 bits per heavy atom. The normalized spacial score (nSPS) is 20.6. The summed E-state index contributed by atoms with van der Waals surface area (Å²) in [5.74, 6) is -2.12. The van der Waals surface area contributed by atoms with E-state index in [2.05, 4.69) is 16.0 Å². The molecule has 6 nitrogen and oxygen atoms in total. The number of fused-ring (bicyclic) bond motifs is 1. The molecule has 1 fully saturated rings. The van der Waals surface area contributed by atoms with Crippen molar-refractivity contribution < 1.29 is 23.2 Å². The molecular formula is C20H17F2N3O3. The van der Waals surface area contributed by atoms with Crippen LogP contribution in [0.15, 0.2) is 36.4 Å². The molecule has 0 unspecified atom stereocenters. The predicted octanol–water partition coefficient (Wildman–Crippen LogP) is 2.50. The minimum absolute atomic E-state index is 0.0885. The lowest BCUT2D eigenvalue weighted by molar-refractivity contribution is -0.120. The van der Waals surface area contributed by atoms with Crippen LogP contribution in [-0.4, -0.2) is 30.3 Å². The molecule has 144 valence electrons. The second-order valence-corrected chi connectivity index (χ2v) is 6.89. The van der Waals surface area contributed by atoms with Crippen LogP contribution in [0.3, 0.4) is 0 Å². The molecule has 8 heteroatoms. The highest BCUT2D eigenvalue weighted by Gasteiger charge is 2.39. The number of carbonyl (C=O) groups excluding carboxylic acids is 3. The van der Waals surface area contributed by atoms with E-state index in [1.165, 1.54) is 30.3 Å². The van der Waals surface area contributed by atoms with Crippen molar-refractivity contribution in [2.75, 3.05) is 11.9 Å². The Balaban J connectivity index is 1.53. The molecule has 2 aromatic carbocycles. The van der Waals surface area contributed by atoms with E-state index in [0.29, 0.717) is 29.7 Å². The van der Waals surface area contributed by atoms with Gasteiger partial charge in [-0.2, -0.15) is 0 Å². The largest absolute Gasteiger partial charge is 0.354 e. The van der Waals surface area contributed by atoms with Crippen molar-refractivity contribution in [3.63, 3.8) is 0 Å². The quantitative estimate of drug-likeness (QED) is 0.759. The Labute approximate surface area is 159 Å². The third kappa shape index (κ3) is 3.33. The molecule has 0 spiro atoms. The Morgan fingerprint density at radius 3 is 2.57 bits per heavy atom. The molecule has 0 bridgehead atoms. The van der Waals surface area contributed by atoms with Gasteiger partial charge in [0.05, 0.1) is 0 Å². The standard InChI is InChI=1S/C20H17F2N3O3/c21-11-2-4-12(5-3-11)24-20(28)25-18-15(9-23-19(18)27)14-7-10-1-6-17(26)13(10)8-16(14)22/h2-5,7-8,15,18H,1,6,9H2,(H,23,27)(H2,24,25,28)/t15-,18-/m0/s1. The van der Waals surface area contributed by atoms with Crippen LogP contribution in [0.5, 0.6) is 0 Å². The summed E-state index contributed by atoms with van der Waals surface area (Å²) in [5.41, 5.74) is 1.79. The molecule has 2 atom stereocenters. The second-order valence-electron chi connectivity index (χ2n) is 6.89. The number of nitrogens with one attached hydrogen (secondary N) is 3. The lowest BCUT2D eigenvalue weighted by Gasteiger charge is -2.20. The van der Waals surface area contributed by atoms with Gasteiger partial charge >= 0.3 is 6.03 Å². The molecule has 3 N–H and O–H groups in total. The fourth-order valence-corrected chi connectivity index (χ4v) is 3.69. The van der Waals surface area contributed by atoms with Crippen molar-refractivity contribution >= 4 is 23.4 Å². The zero-order valence-corrected chi connectivity index (χ0v) is 14.7.